The summed E-state index contributed by atoms with van der Waals surface area (Å²) >= 11 is 0. The third kappa shape index (κ3) is 3.19. The van der Waals surface area contributed by atoms with Gasteiger partial charge in [-0.25, -0.2) is 15.8 Å². The van der Waals surface area contributed by atoms with Crippen LogP contribution >= 0.6 is 0 Å². The Morgan fingerprint density at radius 3 is 2.80 bits per heavy atom. The largest absolute Gasteiger partial charge is 0.366 e. The van der Waals surface area contributed by atoms with E-state index < -0.39 is 0 Å². The maximum Gasteiger partial charge on any atom is 0.145 e. The number of anilines is 2. The Morgan fingerprint density at radius 1 is 1.30 bits per heavy atom. The molecule has 1 atom stereocenters. The highest BCUT2D eigenvalue weighted by molar-refractivity contribution is 5.48. The van der Waals surface area contributed by atoms with Crippen molar-refractivity contribution in [1.29, 1.82) is 0 Å². The number of nitrogens with one attached hydrogen (secondary N) is 2. The Kier molecular flexibility index (Phi) is 4.03. The zero-order valence-corrected chi connectivity index (χ0v) is 12.1. The van der Waals surface area contributed by atoms with Crippen molar-refractivity contribution in [2.75, 3.05) is 30.4 Å². The van der Waals surface area contributed by atoms with Crippen molar-refractivity contribution >= 4 is 11.6 Å². The number of nitrogens with zero attached hydrogens (tertiary/aromatic N) is 3. The van der Waals surface area contributed by atoms with E-state index in [4.69, 9.17) is 5.84 Å². The molecule has 0 spiro atoms. The Labute approximate surface area is 120 Å². The lowest BCUT2D eigenvalue weighted by atomic mass is 10.1. The third-order valence-corrected chi connectivity index (χ3v) is 4.14. The third-order valence-electron chi connectivity index (χ3n) is 4.14. The van der Waals surface area contributed by atoms with Crippen LogP contribution < -0.4 is 16.6 Å². The molecule has 6 nitrogen and oxygen atoms in total. The van der Waals surface area contributed by atoms with Gasteiger partial charge in [0.1, 0.15) is 17.5 Å². The second-order valence-corrected chi connectivity index (χ2v) is 5.79. The monoisotopic (exact) mass is 276 g/mol. The van der Waals surface area contributed by atoms with E-state index in [-0.39, 0.29) is 0 Å². The first-order chi connectivity index (χ1) is 9.78. The van der Waals surface area contributed by atoms with Crippen molar-refractivity contribution in [2.45, 2.75) is 44.6 Å². The van der Waals surface area contributed by atoms with Gasteiger partial charge in [0.05, 0.1) is 0 Å². The van der Waals surface area contributed by atoms with Crippen molar-refractivity contribution < 1.29 is 0 Å². The summed E-state index contributed by atoms with van der Waals surface area (Å²) in [6.07, 6.45) is 4.83. The van der Waals surface area contributed by atoms with E-state index >= 15 is 0 Å². The molecule has 0 bridgehead atoms. The minimum Gasteiger partial charge on any atom is -0.366 e. The number of hydrogen-bond donors (Lipinski definition) is 3. The van der Waals surface area contributed by atoms with E-state index in [1.54, 1.807) is 0 Å². The molecule has 1 aliphatic carbocycles. The van der Waals surface area contributed by atoms with Crippen LogP contribution in [0.4, 0.5) is 11.6 Å². The second-order valence-electron chi connectivity index (χ2n) is 5.79. The molecule has 1 aliphatic heterocycles. The molecule has 110 valence electrons. The molecule has 2 heterocycles. The molecule has 0 radical (unpaired) electrons. The number of rotatable bonds is 5. The number of nitrogens with two attached hydrogens (primary N) is 1. The lowest BCUT2D eigenvalue weighted by Crippen LogP contribution is -2.42. The van der Waals surface area contributed by atoms with Gasteiger partial charge in [-0.15, -0.1) is 0 Å². The average molecular weight is 276 g/mol. The minimum atomic E-state index is 0.469. The zero-order valence-electron chi connectivity index (χ0n) is 12.1. The first-order valence-electron chi connectivity index (χ1n) is 7.63. The molecule has 1 saturated carbocycles. The summed E-state index contributed by atoms with van der Waals surface area (Å²) in [5, 5.41) is 3.55. The molecule has 2 fully saturated rings. The topological polar surface area (TPSA) is 79.1 Å². The van der Waals surface area contributed by atoms with Gasteiger partial charge in [0.15, 0.2) is 0 Å². The molecular weight excluding hydrogens is 252 g/mol. The smallest absolute Gasteiger partial charge is 0.145 e. The molecule has 0 aromatic carbocycles. The van der Waals surface area contributed by atoms with Crippen molar-refractivity contribution in [3.8, 4) is 0 Å². The van der Waals surface area contributed by atoms with E-state index in [2.05, 4.69) is 32.5 Å². The van der Waals surface area contributed by atoms with Crippen LogP contribution in [0.15, 0.2) is 6.07 Å². The standard InChI is InChI=1S/C14H24N6/c1-2-20-7-3-4-11(9-20)16-12-8-13(19-15)18-14(17-12)10-5-6-10/h8,10-11H,2-7,9,15H2,1H3,(H2,16,17,18,19). The van der Waals surface area contributed by atoms with E-state index in [9.17, 15) is 0 Å². The van der Waals surface area contributed by atoms with Crippen LogP contribution in [0.25, 0.3) is 0 Å². The summed E-state index contributed by atoms with van der Waals surface area (Å²) in [5.41, 5.74) is 2.65. The highest BCUT2D eigenvalue weighted by atomic mass is 15.3. The summed E-state index contributed by atoms with van der Waals surface area (Å²) in [6, 6.07) is 2.37. The highest BCUT2D eigenvalue weighted by Crippen LogP contribution is 2.38. The van der Waals surface area contributed by atoms with Crippen molar-refractivity contribution in [3.05, 3.63) is 11.9 Å². The number of likely N-dealkylation sites (tertiary alicyclic amines) is 1. The van der Waals surface area contributed by atoms with Crippen molar-refractivity contribution in [1.82, 2.24) is 14.9 Å². The van der Waals surface area contributed by atoms with Gasteiger partial charge in [-0.1, -0.05) is 6.92 Å². The summed E-state index contributed by atoms with van der Waals surface area (Å²) in [6.45, 7) is 5.63. The molecular formula is C14H24N6. The SMILES string of the molecule is CCN1CCCC(Nc2cc(NN)nc(C3CC3)n2)C1. The van der Waals surface area contributed by atoms with Gasteiger partial charge >= 0.3 is 0 Å². The van der Waals surface area contributed by atoms with E-state index in [1.807, 2.05) is 6.07 Å². The second kappa shape index (κ2) is 5.93. The van der Waals surface area contributed by atoms with Crippen LogP contribution in [0.2, 0.25) is 0 Å². The van der Waals surface area contributed by atoms with E-state index in [1.165, 1.54) is 32.2 Å². The summed E-state index contributed by atoms with van der Waals surface area (Å²) in [5.74, 6) is 8.56. The molecule has 4 N–H and O–H groups in total. The van der Waals surface area contributed by atoms with Gasteiger partial charge in [0.25, 0.3) is 0 Å². The molecule has 6 heteroatoms. The average Bonchev–Trinajstić information content (AvgIpc) is 3.31. The van der Waals surface area contributed by atoms with E-state index in [0.29, 0.717) is 17.8 Å². The maximum atomic E-state index is 5.51. The fourth-order valence-electron chi connectivity index (χ4n) is 2.81. The lowest BCUT2D eigenvalue weighted by molar-refractivity contribution is 0.226. The van der Waals surface area contributed by atoms with Crippen LogP contribution in [0.1, 0.15) is 44.3 Å². The normalized spacial score (nSPS) is 23.6. The van der Waals surface area contributed by atoms with Crippen molar-refractivity contribution in [2.24, 2.45) is 5.84 Å². The van der Waals surface area contributed by atoms with Gasteiger partial charge in [0, 0.05) is 24.6 Å². The van der Waals surface area contributed by atoms with Gasteiger partial charge in [-0.2, -0.15) is 0 Å². The zero-order chi connectivity index (χ0) is 13.9. The first-order valence-corrected chi connectivity index (χ1v) is 7.63. The van der Waals surface area contributed by atoms with Gasteiger partial charge < -0.3 is 15.6 Å². The predicted octanol–water partition coefficient (Wildman–Crippen LogP) is 1.54. The van der Waals surface area contributed by atoms with Crippen LogP contribution in [0.5, 0.6) is 0 Å². The van der Waals surface area contributed by atoms with Crippen LogP contribution in [0, 0.1) is 0 Å². The first kappa shape index (κ1) is 13.6. The Balaban J connectivity index is 1.71. The number of piperidine rings is 1. The Bertz CT molecular complexity index is 459. The highest BCUT2D eigenvalue weighted by Gasteiger charge is 2.28. The summed E-state index contributed by atoms with van der Waals surface area (Å²) in [4.78, 5) is 11.6. The fraction of sp³-hybridized carbons (Fsp3) is 0.714. The van der Waals surface area contributed by atoms with Crippen LogP contribution in [-0.4, -0.2) is 40.5 Å². The van der Waals surface area contributed by atoms with Gasteiger partial charge in [-0.3, -0.25) is 0 Å². The van der Waals surface area contributed by atoms with Gasteiger partial charge in [-0.05, 0) is 38.8 Å². The van der Waals surface area contributed by atoms with Crippen LogP contribution in [-0.2, 0) is 0 Å². The molecule has 3 rings (SSSR count). The summed E-state index contributed by atoms with van der Waals surface area (Å²) < 4.78 is 0. The molecule has 1 aromatic heterocycles. The minimum absolute atomic E-state index is 0.469. The number of hydrogen-bond acceptors (Lipinski definition) is 6. The Hall–Kier alpha value is -1.40. The molecule has 1 aromatic rings. The molecule has 2 aliphatic rings. The number of aromatic nitrogens is 2. The fourth-order valence-corrected chi connectivity index (χ4v) is 2.81. The molecule has 20 heavy (non-hydrogen) atoms. The van der Waals surface area contributed by atoms with Crippen LogP contribution in [0.3, 0.4) is 0 Å². The van der Waals surface area contributed by atoms with Gasteiger partial charge in [0.2, 0.25) is 0 Å². The molecule has 1 unspecified atom stereocenters. The number of nitrogen functional groups attached to an aromatic ring is 1. The molecule has 0 amide bonds. The van der Waals surface area contributed by atoms with E-state index in [0.717, 1.165) is 24.7 Å². The number of likely N-dealkylation sites (N-methyl/N-ethyl adjacent to an activating group) is 1. The molecule has 1 saturated heterocycles. The number of hydrazine groups is 1. The quantitative estimate of drug-likeness (QED) is 0.559. The summed E-state index contributed by atoms with van der Waals surface area (Å²) in [7, 11) is 0. The van der Waals surface area contributed by atoms with Crippen molar-refractivity contribution in [3.63, 3.8) is 0 Å². The lowest BCUT2D eigenvalue weighted by Gasteiger charge is -2.32. The Morgan fingerprint density at radius 2 is 2.10 bits per heavy atom. The maximum absolute atomic E-state index is 5.51. The predicted molar refractivity (Wildman–Crippen MR) is 80.6 cm³/mol.